The summed E-state index contributed by atoms with van der Waals surface area (Å²) in [4.78, 5) is 26.6. The van der Waals surface area contributed by atoms with Gasteiger partial charge >= 0.3 is 5.97 Å². The lowest BCUT2D eigenvalue weighted by molar-refractivity contribution is -0.146. The molecule has 0 unspecified atom stereocenters. The number of benzene rings is 2. The van der Waals surface area contributed by atoms with Gasteiger partial charge in [0.1, 0.15) is 6.61 Å². The number of piperidine rings is 1. The predicted molar refractivity (Wildman–Crippen MR) is 131 cm³/mol. The highest BCUT2D eigenvalue weighted by molar-refractivity contribution is 6.04. The van der Waals surface area contributed by atoms with Crippen LogP contribution in [0, 0.1) is 0 Å². The molecule has 0 spiro atoms. The number of hydrogen-bond acceptors (Lipinski definition) is 7. The van der Waals surface area contributed by atoms with Gasteiger partial charge in [-0.25, -0.2) is 0 Å². The summed E-state index contributed by atoms with van der Waals surface area (Å²) in [6.07, 6.45) is 6.33. The molecule has 2 aliphatic rings. The van der Waals surface area contributed by atoms with E-state index < -0.39 is 0 Å². The Labute approximate surface area is 200 Å². The summed E-state index contributed by atoms with van der Waals surface area (Å²) in [5.41, 5.74) is 4.58. The first kappa shape index (κ1) is 23.9. The molecule has 2 aliphatic heterocycles. The molecule has 180 valence electrons. The highest BCUT2D eigenvalue weighted by Crippen LogP contribution is 2.23. The van der Waals surface area contributed by atoms with Crippen LogP contribution in [-0.2, 0) is 22.5 Å². The molecule has 1 saturated heterocycles. The number of carbonyl (C=O) groups is 2. The molecule has 34 heavy (non-hydrogen) atoms. The van der Waals surface area contributed by atoms with Gasteiger partial charge in [-0.05, 0) is 66.6 Å². The number of hydrogen-bond donors (Lipinski definition) is 2. The number of amides is 1. The average molecular weight is 465 g/mol. The molecular formula is C26H32N4O4. The zero-order chi connectivity index (χ0) is 23.8. The van der Waals surface area contributed by atoms with Crippen LogP contribution in [0.3, 0.4) is 0 Å². The monoisotopic (exact) mass is 464 g/mol. The van der Waals surface area contributed by atoms with E-state index in [-0.39, 0.29) is 31.6 Å². The van der Waals surface area contributed by atoms with Crippen LogP contribution < -0.4 is 5.32 Å². The van der Waals surface area contributed by atoms with Crippen molar-refractivity contribution in [1.82, 2.24) is 9.91 Å². The highest BCUT2D eigenvalue weighted by Gasteiger charge is 2.20. The Kier molecular flexibility index (Phi) is 8.27. The standard InChI is InChI=1S/C26H32N4O4/c31-14-15-34-25(32)19-29-13-10-21-8-9-24(16-23(21)18-29)28-26(33)22-6-4-20(5-7-22)17-27-30-11-2-1-3-12-30/h4-9,16-17,31H,1-3,10-15,18-19H2,(H,28,33)/b27-17+. The molecule has 2 N–H and O–H groups in total. The fourth-order valence-corrected chi connectivity index (χ4v) is 4.28. The van der Waals surface area contributed by atoms with E-state index in [9.17, 15) is 9.59 Å². The van der Waals surface area contributed by atoms with Crippen molar-refractivity contribution in [2.75, 3.05) is 44.7 Å². The van der Waals surface area contributed by atoms with E-state index in [4.69, 9.17) is 9.84 Å². The summed E-state index contributed by atoms with van der Waals surface area (Å²) in [5, 5.41) is 18.4. The number of hydrazone groups is 1. The van der Waals surface area contributed by atoms with Crippen molar-refractivity contribution in [3.63, 3.8) is 0 Å². The molecule has 2 heterocycles. The van der Waals surface area contributed by atoms with Gasteiger partial charge in [0.25, 0.3) is 5.91 Å². The molecule has 4 rings (SSSR count). The fraction of sp³-hybridized carbons (Fsp3) is 0.423. The van der Waals surface area contributed by atoms with E-state index in [0.717, 1.165) is 42.9 Å². The number of aliphatic hydroxyl groups excluding tert-OH is 1. The highest BCUT2D eigenvalue weighted by atomic mass is 16.5. The Morgan fingerprint density at radius 1 is 1.03 bits per heavy atom. The van der Waals surface area contributed by atoms with Gasteiger partial charge in [0.05, 0.1) is 19.4 Å². The molecule has 2 aromatic carbocycles. The predicted octanol–water partition coefficient (Wildman–Crippen LogP) is 2.65. The van der Waals surface area contributed by atoms with Crippen molar-refractivity contribution >= 4 is 23.8 Å². The number of anilines is 1. The van der Waals surface area contributed by atoms with Crippen molar-refractivity contribution in [2.45, 2.75) is 32.2 Å². The maximum absolute atomic E-state index is 12.8. The first-order chi connectivity index (χ1) is 16.6. The molecule has 0 atom stereocenters. The Morgan fingerprint density at radius 3 is 2.59 bits per heavy atom. The summed E-state index contributed by atoms with van der Waals surface area (Å²) in [7, 11) is 0. The van der Waals surface area contributed by atoms with Crippen LogP contribution in [0.1, 0.15) is 46.3 Å². The van der Waals surface area contributed by atoms with Crippen molar-refractivity contribution < 1.29 is 19.4 Å². The smallest absolute Gasteiger partial charge is 0.320 e. The lowest BCUT2D eigenvalue weighted by Crippen LogP contribution is -2.35. The van der Waals surface area contributed by atoms with E-state index in [2.05, 4.69) is 15.4 Å². The van der Waals surface area contributed by atoms with Crippen LogP contribution in [-0.4, -0.2) is 72.5 Å². The normalized spacial score (nSPS) is 16.3. The zero-order valence-electron chi connectivity index (χ0n) is 19.4. The van der Waals surface area contributed by atoms with Crippen molar-refractivity contribution in [3.8, 4) is 0 Å². The third-order valence-electron chi connectivity index (χ3n) is 6.14. The third kappa shape index (κ3) is 6.65. The van der Waals surface area contributed by atoms with E-state index in [1.54, 1.807) is 0 Å². The number of esters is 1. The van der Waals surface area contributed by atoms with Gasteiger partial charge in [0.15, 0.2) is 0 Å². The van der Waals surface area contributed by atoms with Gasteiger partial charge < -0.3 is 15.2 Å². The van der Waals surface area contributed by atoms with Gasteiger partial charge in [-0.2, -0.15) is 5.10 Å². The number of nitrogens with one attached hydrogen (secondary N) is 1. The minimum Gasteiger partial charge on any atom is -0.462 e. The van der Waals surface area contributed by atoms with Gasteiger partial charge in [0, 0.05) is 37.4 Å². The fourth-order valence-electron chi connectivity index (χ4n) is 4.28. The van der Waals surface area contributed by atoms with E-state index >= 15 is 0 Å². The van der Waals surface area contributed by atoms with Crippen LogP contribution in [0.4, 0.5) is 5.69 Å². The third-order valence-corrected chi connectivity index (χ3v) is 6.14. The van der Waals surface area contributed by atoms with E-state index in [0.29, 0.717) is 12.1 Å². The molecule has 8 heteroatoms. The molecule has 0 aromatic heterocycles. The lowest BCUT2D eigenvalue weighted by Gasteiger charge is -2.28. The Hall–Kier alpha value is -3.23. The van der Waals surface area contributed by atoms with Crippen molar-refractivity contribution in [3.05, 3.63) is 64.7 Å². The quantitative estimate of drug-likeness (QED) is 0.461. The number of ether oxygens (including phenoxy) is 1. The van der Waals surface area contributed by atoms with Gasteiger partial charge in [-0.15, -0.1) is 0 Å². The summed E-state index contributed by atoms with van der Waals surface area (Å²) in [6.45, 7) is 3.41. The summed E-state index contributed by atoms with van der Waals surface area (Å²) >= 11 is 0. The van der Waals surface area contributed by atoms with Gasteiger partial charge in [-0.3, -0.25) is 19.5 Å². The minimum atomic E-state index is -0.341. The maximum Gasteiger partial charge on any atom is 0.320 e. The average Bonchev–Trinajstić information content (AvgIpc) is 2.87. The summed E-state index contributed by atoms with van der Waals surface area (Å²) in [5.74, 6) is -0.508. The SMILES string of the molecule is O=C(CN1CCc2ccc(NC(=O)c3ccc(/C=N/N4CCCCC4)cc3)cc2C1)OCCO. The number of carbonyl (C=O) groups excluding carboxylic acids is 2. The molecule has 2 aromatic rings. The Balaban J connectivity index is 1.33. The topological polar surface area (TPSA) is 94.5 Å². The molecule has 0 bridgehead atoms. The van der Waals surface area contributed by atoms with Crippen LogP contribution in [0.15, 0.2) is 47.6 Å². The van der Waals surface area contributed by atoms with Crippen LogP contribution in [0.25, 0.3) is 0 Å². The summed E-state index contributed by atoms with van der Waals surface area (Å²) < 4.78 is 4.96. The lowest BCUT2D eigenvalue weighted by atomic mass is 9.99. The number of nitrogens with zero attached hydrogens (tertiary/aromatic N) is 3. The van der Waals surface area contributed by atoms with Crippen molar-refractivity contribution in [1.29, 1.82) is 0 Å². The second-order valence-electron chi connectivity index (χ2n) is 8.72. The number of aliphatic hydroxyl groups is 1. The summed E-state index contributed by atoms with van der Waals surface area (Å²) in [6, 6.07) is 13.4. The first-order valence-corrected chi connectivity index (χ1v) is 11.9. The van der Waals surface area contributed by atoms with Crippen LogP contribution >= 0.6 is 0 Å². The molecule has 0 aliphatic carbocycles. The molecule has 0 radical (unpaired) electrons. The molecule has 1 amide bonds. The second kappa shape index (κ2) is 11.8. The van der Waals surface area contributed by atoms with Crippen molar-refractivity contribution in [2.24, 2.45) is 5.10 Å². The molecule has 1 fully saturated rings. The molecule has 8 nitrogen and oxygen atoms in total. The maximum atomic E-state index is 12.8. The van der Waals surface area contributed by atoms with Gasteiger partial charge in [0.2, 0.25) is 0 Å². The minimum absolute atomic E-state index is 0.0195. The van der Waals surface area contributed by atoms with Gasteiger partial charge in [-0.1, -0.05) is 18.2 Å². The number of fused-ring (bicyclic) bond motifs is 1. The van der Waals surface area contributed by atoms with Crippen LogP contribution in [0.2, 0.25) is 0 Å². The Morgan fingerprint density at radius 2 is 1.82 bits per heavy atom. The second-order valence-corrected chi connectivity index (χ2v) is 8.72. The van der Waals surface area contributed by atoms with E-state index in [1.807, 2.05) is 53.6 Å². The van der Waals surface area contributed by atoms with Crippen LogP contribution in [0.5, 0.6) is 0 Å². The molecular weight excluding hydrogens is 432 g/mol. The van der Waals surface area contributed by atoms with E-state index in [1.165, 1.54) is 24.8 Å². The first-order valence-electron chi connectivity index (χ1n) is 11.9. The Bertz CT molecular complexity index is 1020. The number of rotatable bonds is 8. The largest absolute Gasteiger partial charge is 0.462 e. The molecule has 0 saturated carbocycles. The zero-order valence-corrected chi connectivity index (χ0v) is 19.4.